The van der Waals surface area contributed by atoms with E-state index in [0.29, 0.717) is 30.2 Å². The SMILES string of the molecule is COc1cc(C(=O)N2CCCC(C(=O)c3ccccn3)C2)ccn1. The molecule has 0 radical (unpaired) electrons. The first-order chi connectivity index (χ1) is 11.7. The van der Waals surface area contributed by atoms with Crippen molar-refractivity contribution in [3.63, 3.8) is 0 Å². The Balaban J connectivity index is 1.73. The van der Waals surface area contributed by atoms with Crippen LogP contribution in [0.15, 0.2) is 42.7 Å². The van der Waals surface area contributed by atoms with E-state index in [9.17, 15) is 9.59 Å². The van der Waals surface area contributed by atoms with Crippen LogP contribution < -0.4 is 4.74 Å². The predicted octanol–water partition coefficient (Wildman–Crippen LogP) is 2.22. The van der Waals surface area contributed by atoms with Gasteiger partial charge in [-0.15, -0.1) is 0 Å². The Hall–Kier alpha value is -2.76. The Bertz CT molecular complexity index is 733. The molecule has 0 saturated carbocycles. The molecule has 0 spiro atoms. The van der Waals surface area contributed by atoms with Gasteiger partial charge in [0.2, 0.25) is 5.88 Å². The summed E-state index contributed by atoms with van der Waals surface area (Å²) in [5.41, 5.74) is 0.982. The number of carbonyl (C=O) groups excluding carboxylic acids is 2. The van der Waals surface area contributed by atoms with Crippen LogP contribution in [0.25, 0.3) is 0 Å². The van der Waals surface area contributed by atoms with Crippen LogP contribution in [-0.2, 0) is 0 Å². The standard InChI is InChI=1S/C18H19N3O3/c1-24-16-11-13(7-9-20-16)18(23)21-10-4-5-14(12-21)17(22)15-6-2-3-8-19-15/h2-3,6-9,11,14H,4-5,10,12H2,1H3. The van der Waals surface area contributed by atoms with Crippen LogP contribution in [0.3, 0.4) is 0 Å². The van der Waals surface area contributed by atoms with E-state index >= 15 is 0 Å². The van der Waals surface area contributed by atoms with Crippen molar-refractivity contribution in [1.82, 2.24) is 14.9 Å². The third-order valence-electron chi connectivity index (χ3n) is 4.19. The number of ketones is 1. The molecule has 124 valence electrons. The Morgan fingerprint density at radius 2 is 2.08 bits per heavy atom. The van der Waals surface area contributed by atoms with E-state index in [0.717, 1.165) is 12.8 Å². The maximum absolute atomic E-state index is 12.7. The smallest absolute Gasteiger partial charge is 0.254 e. The lowest BCUT2D eigenvalue weighted by atomic mass is 9.91. The summed E-state index contributed by atoms with van der Waals surface area (Å²) in [5, 5.41) is 0. The zero-order valence-corrected chi connectivity index (χ0v) is 13.5. The summed E-state index contributed by atoms with van der Waals surface area (Å²) in [7, 11) is 1.51. The predicted molar refractivity (Wildman–Crippen MR) is 88.0 cm³/mol. The van der Waals surface area contributed by atoms with Gasteiger partial charge < -0.3 is 9.64 Å². The highest BCUT2D eigenvalue weighted by molar-refractivity contribution is 5.98. The molecule has 24 heavy (non-hydrogen) atoms. The number of amides is 1. The molecule has 1 amide bonds. The summed E-state index contributed by atoms with van der Waals surface area (Å²) in [4.78, 5) is 35.1. The summed E-state index contributed by atoms with van der Waals surface area (Å²) in [6, 6.07) is 8.58. The number of pyridine rings is 2. The number of hydrogen-bond acceptors (Lipinski definition) is 5. The summed E-state index contributed by atoms with van der Waals surface area (Å²) in [6.45, 7) is 1.06. The van der Waals surface area contributed by atoms with Gasteiger partial charge in [0.15, 0.2) is 5.78 Å². The second-order valence-electron chi connectivity index (χ2n) is 5.76. The van der Waals surface area contributed by atoms with E-state index in [1.807, 2.05) is 0 Å². The number of Topliss-reactive ketones (excluding diaryl/α,β-unsaturated/α-hetero) is 1. The molecule has 1 aliphatic rings. The van der Waals surface area contributed by atoms with Gasteiger partial charge in [0.25, 0.3) is 5.91 Å². The van der Waals surface area contributed by atoms with Crippen LogP contribution in [0.5, 0.6) is 5.88 Å². The molecule has 0 N–H and O–H groups in total. The van der Waals surface area contributed by atoms with Gasteiger partial charge in [-0.05, 0) is 31.0 Å². The van der Waals surface area contributed by atoms with Crippen LogP contribution in [0.2, 0.25) is 0 Å². The Kier molecular flexibility index (Phi) is 4.84. The van der Waals surface area contributed by atoms with E-state index in [1.165, 1.54) is 7.11 Å². The molecule has 0 aromatic carbocycles. The van der Waals surface area contributed by atoms with Crippen LogP contribution >= 0.6 is 0 Å². The lowest BCUT2D eigenvalue weighted by Crippen LogP contribution is -2.42. The Morgan fingerprint density at radius 3 is 2.83 bits per heavy atom. The maximum Gasteiger partial charge on any atom is 0.254 e. The minimum absolute atomic E-state index is 0.000379. The van der Waals surface area contributed by atoms with E-state index < -0.39 is 0 Å². The van der Waals surface area contributed by atoms with Gasteiger partial charge in [-0.1, -0.05) is 6.07 Å². The van der Waals surface area contributed by atoms with Gasteiger partial charge in [-0.2, -0.15) is 0 Å². The zero-order valence-electron chi connectivity index (χ0n) is 13.5. The van der Waals surface area contributed by atoms with Crippen LogP contribution in [0, 0.1) is 5.92 Å². The minimum atomic E-state index is -0.207. The maximum atomic E-state index is 12.7. The first-order valence-electron chi connectivity index (χ1n) is 7.93. The van der Waals surface area contributed by atoms with Gasteiger partial charge >= 0.3 is 0 Å². The van der Waals surface area contributed by atoms with E-state index in [4.69, 9.17) is 4.74 Å². The summed E-state index contributed by atoms with van der Waals surface area (Å²) >= 11 is 0. The van der Waals surface area contributed by atoms with Crippen molar-refractivity contribution < 1.29 is 14.3 Å². The van der Waals surface area contributed by atoms with Crippen LogP contribution in [-0.4, -0.2) is 46.8 Å². The lowest BCUT2D eigenvalue weighted by molar-refractivity contribution is 0.0635. The quantitative estimate of drug-likeness (QED) is 0.806. The first-order valence-corrected chi connectivity index (χ1v) is 7.93. The molecule has 2 aromatic rings. The molecule has 1 unspecified atom stereocenters. The van der Waals surface area contributed by atoms with Crippen molar-refractivity contribution in [3.8, 4) is 5.88 Å². The van der Waals surface area contributed by atoms with Crippen molar-refractivity contribution in [2.24, 2.45) is 5.92 Å². The van der Waals surface area contributed by atoms with Crippen LogP contribution in [0.4, 0.5) is 0 Å². The number of likely N-dealkylation sites (tertiary alicyclic amines) is 1. The molecule has 2 aromatic heterocycles. The molecule has 6 nitrogen and oxygen atoms in total. The lowest BCUT2D eigenvalue weighted by Gasteiger charge is -2.32. The molecular formula is C18H19N3O3. The van der Waals surface area contributed by atoms with E-state index in [-0.39, 0.29) is 17.6 Å². The summed E-state index contributed by atoms with van der Waals surface area (Å²) in [6.07, 6.45) is 4.74. The monoisotopic (exact) mass is 325 g/mol. The second kappa shape index (κ2) is 7.21. The van der Waals surface area contributed by atoms with Gasteiger partial charge in [-0.25, -0.2) is 4.98 Å². The van der Waals surface area contributed by atoms with Crippen LogP contribution in [0.1, 0.15) is 33.7 Å². The number of carbonyl (C=O) groups is 2. The number of hydrogen-bond donors (Lipinski definition) is 0. The molecule has 1 saturated heterocycles. The zero-order chi connectivity index (χ0) is 16.9. The fourth-order valence-corrected chi connectivity index (χ4v) is 2.93. The van der Waals surface area contributed by atoms with Crippen molar-refractivity contribution in [2.45, 2.75) is 12.8 Å². The van der Waals surface area contributed by atoms with Gasteiger partial charge in [-0.3, -0.25) is 14.6 Å². The molecule has 1 atom stereocenters. The molecular weight excluding hydrogens is 306 g/mol. The van der Waals surface area contributed by atoms with Gasteiger partial charge in [0, 0.05) is 43.0 Å². The number of methoxy groups -OCH3 is 1. The highest BCUT2D eigenvalue weighted by atomic mass is 16.5. The molecule has 1 aliphatic heterocycles. The molecule has 3 heterocycles. The topological polar surface area (TPSA) is 72.4 Å². The normalized spacial score (nSPS) is 17.4. The van der Waals surface area contributed by atoms with E-state index in [2.05, 4.69) is 9.97 Å². The highest BCUT2D eigenvalue weighted by Gasteiger charge is 2.30. The third kappa shape index (κ3) is 3.42. The van der Waals surface area contributed by atoms with E-state index in [1.54, 1.807) is 47.6 Å². The average Bonchev–Trinajstić information content (AvgIpc) is 2.67. The first kappa shape index (κ1) is 16.1. The van der Waals surface area contributed by atoms with Crippen molar-refractivity contribution in [3.05, 3.63) is 54.0 Å². The van der Waals surface area contributed by atoms with Crippen molar-refractivity contribution in [2.75, 3.05) is 20.2 Å². The molecule has 0 aliphatic carbocycles. The number of aromatic nitrogens is 2. The number of nitrogens with zero attached hydrogens (tertiary/aromatic N) is 3. The highest BCUT2D eigenvalue weighted by Crippen LogP contribution is 2.22. The van der Waals surface area contributed by atoms with Crippen molar-refractivity contribution >= 4 is 11.7 Å². The number of piperidine rings is 1. The largest absolute Gasteiger partial charge is 0.481 e. The average molecular weight is 325 g/mol. The fraction of sp³-hybridized carbons (Fsp3) is 0.333. The molecule has 1 fully saturated rings. The summed E-state index contributed by atoms with van der Waals surface area (Å²) < 4.78 is 5.07. The Labute approximate surface area is 140 Å². The minimum Gasteiger partial charge on any atom is -0.481 e. The molecule has 6 heteroatoms. The summed E-state index contributed by atoms with van der Waals surface area (Å²) in [5.74, 6) is 0.0925. The van der Waals surface area contributed by atoms with Gasteiger partial charge in [0.1, 0.15) is 5.69 Å². The van der Waals surface area contributed by atoms with Crippen molar-refractivity contribution in [1.29, 1.82) is 0 Å². The van der Waals surface area contributed by atoms with Gasteiger partial charge in [0.05, 0.1) is 7.11 Å². The second-order valence-corrected chi connectivity index (χ2v) is 5.76. The third-order valence-corrected chi connectivity index (χ3v) is 4.19. The Morgan fingerprint density at radius 1 is 1.21 bits per heavy atom. The number of ether oxygens (including phenoxy) is 1. The molecule has 3 rings (SSSR count). The molecule has 0 bridgehead atoms. The fourth-order valence-electron chi connectivity index (χ4n) is 2.93. The number of rotatable bonds is 4.